The number of carbonyl (C=O) groups excluding carboxylic acids is 1. The number of halogens is 1. The molecule has 0 aliphatic heterocycles. The van der Waals surface area contributed by atoms with E-state index < -0.39 is 0 Å². The zero-order valence-electron chi connectivity index (χ0n) is 8.29. The van der Waals surface area contributed by atoms with E-state index in [1.165, 1.54) is 0 Å². The molecule has 0 heterocycles. The Balaban J connectivity index is 2.78. The lowest BCUT2D eigenvalue weighted by atomic mass is 10.2. The van der Waals surface area contributed by atoms with Crippen LogP contribution in [0.5, 0.6) is 5.75 Å². The van der Waals surface area contributed by atoms with Gasteiger partial charge in [0, 0.05) is 12.6 Å². The van der Waals surface area contributed by atoms with Gasteiger partial charge in [0.15, 0.2) is 6.61 Å². The van der Waals surface area contributed by atoms with Crippen LogP contribution in [0.4, 0.5) is 0 Å². The summed E-state index contributed by atoms with van der Waals surface area (Å²) >= 11 is 3.29. The minimum atomic E-state index is -0.213. The second-order valence-corrected chi connectivity index (χ2v) is 3.70. The Bertz CT molecular complexity index is 355. The number of para-hydroxylation sites is 1. The Morgan fingerprint density at radius 2 is 2.33 bits per heavy atom. The molecule has 0 fully saturated rings. The molecule has 0 aromatic heterocycles. The minimum absolute atomic E-state index is 0.0634. The molecule has 0 aliphatic rings. The Morgan fingerprint density at radius 3 is 2.93 bits per heavy atom. The Morgan fingerprint density at radius 1 is 1.60 bits per heavy atom. The van der Waals surface area contributed by atoms with Gasteiger partial charge >= 0.3 is 0 Å². The first-order chi connectivity index (χ1) is 7.19. The third-order valence-corrected chi connectivity index (χ3v) is 2.47. The first-order valence-electron chi connectivity index (χ1n) is 4.40. The Labute approximate surface area is 96.4 Å². The van der Waals surface area contributed by atoms with Gasteiger partial charge in [-0.05, 0) is 22.0 Å². The third kappa shape index (κ3) is 3.21. The highest BCUT2D eigenvalue weighted by Gasteiger charge is 2.08. The molecule has 2 N–H and O–H groups in total. The highest BCUT2D eigenvalue weighted by atomic mass is 79.9. The van der Waals surface area contributed by atoms with E-state index in [-0.39, 0.29) is 19.1 Å². The zero-order chi connectivity index (χ0) is 11.3. The van der Waals surface area contributed by atoms with Crippen molar-refractivity contribution in [2.45, 2.75) is 6.61 Å². The molecule has 0 saturated carbocycles. The lowest BCUT2D eigenvalue weighted by Gasteiger charge is -2.10. The summed E-state index contributed by atoms with van der Waals surface area (Å²) in [6, 6.07) is 5.32. The van der Waals surface area contributed by atoms with Crippen molar-refractivity contribution < 1.29 is 14.6 Å². The van der Waals surface area contributed by atoms with Gasteiger partial charge in [0.1, 0.15) is 5.75 Å². The average molecular weight is 274 g/mol. The normalized spacial score (nSPS) is 9.80. The van der Waals surface area contributed by atoms with Crippen LogP contribution in [0.1, 0.15) is 5.56 Å². The summed E-state index contributed by atoms with van der Waals surface area (Å²) in [4.78, 5) is 11.0. The number of aliphatic hydroxyl groups excluding tert-OH is 1. The number of ether oxygens (including phenoxy) is 1. The van der Waals surface area contributed by atoms with Crippen LogP contribution in [0.15, 0.2) is 22.7 Å². The largest absolute Gasteiger partial charge is 0.482 e. The molecule has 0 bridgehead atoms. The second kappa shape index (κ2) is 5.72. The molecule has 82 valence electrons. The van der Waals surface area contributed by atoms with E-state index in [9.17, 15) is 4.79 Å². The fraction of sp³-hybridized carbons (Fsp3) is 0.300. The minimum Gasteiger partial charge on any atom is -0.482 e. The van der Waals surface area contributed by atoms with Gasteiger partial charge < -0.3 is 15.2 Å². The second-order valence-electron chi connectivity index (χ2n) is 2.85. The standard InChI is InChI=1S/C10H12BrNO3/c1-12-9(14)6-15-10-7(5-13)3-2-4-8(10)11/h2-4,13H,5-6H2,1H3,(H,12,14). The summed E-state index contributed by atoms with van der Waals surface area (Å²) in [5, 5.41) is 11.5. The van der Waals surface area contributed by atoms with Gasteiger partial charge in [0.25, 0.3) is 5.91 Å². The molecule has 5 heteroatoms. The predicted molar refractivity (Wildman–Crippen MR) is 59.6 cm³/mol. The number of likely N-dealkylation sites (N-methyl/N-ethyl adjacent to an activating group) is 1. The van der Waals surface area contributed by atoms with Crippen LogP contribution >= 0.6 is 15.9 Å². The van der Waals surface area contributed by atoms with Crippen molar-refractivity contribution in [2.24, 2.45) is 0 Å². The van der Waals surface area contributed by atoms with Crippen molar-refractivity contribution >= 4 is 21.8 Å². The fourth-order valence-corrected chi connectivity index (χ4v) is 1.57. The van der Waals surface area contributed by atoms with Gasteiger partial charge in [0.2, 0.25) is 0 Å². The summed E-state index contributed by atoms with van der Waals surface area (Å²) in [6.45, 7) is -0.186. The van der Waals surface area contributed by atoms with Gasteiger partial charge in [-0.3, -0.25) is 4.79 Å². The number of hydrogen-bond acceptors (Lipinski definition) is 3. The van der Waals surface area contributed by atoms with Crippen molar-refractivity contribution in [3.05, 3.63) is 28.2 Å². The first kappa shape index (κ1) is 12.0. The van der Waals surface area contributed by atoms with E-state index in [0.29, 0.717) is 11.3 Å². The number of hydrogen-bond donors (Lipinski definition) is 2. The molecule has 1 aromatic carbocycles. The molecule has 4 nitrogen and oxygen atoms in total. The van der Waals surface area contributed by atoms with E-state index in [2.05, 4.69) is 21.2 Å². The molecule has 0 saturated heterocycles. The fourth-order valence-electron chi connectivity index (χ4n) is 1.05. The Kier molecular flexibility index (Phi) is 4.58. The molecule has 0 atom stereocenters. The van der Waals surface area contributed by atoms with Crippen molar-refractivity contribution in [1.82, 2.24) is 5.32 Å². The molecule has 1 aromatic rings. The number of benzene rings is 1. The number of amides is 1. The summed E-state index contributed by atoms with van der Waals surface area (Å²) in [5.41, 5.74) is 0.647. The zero-order valence-corrected chi connectivity index (χ0v) is 9.87. The number of nitrogens with one attached hydrogen (secondary N) is 1. The third-order valence-electron chi connectivity index (χ3n) is 1.85. The molecule has 1 amide bonds. The molecular weight excluding hydrogens is 262 g/mol. The van der Waals surface area contributed by atoms with Crippen LogP contribution in [0.2, 0.25) is 0 Å². The molecule has 0 spiro atoms. The van der Waals surface area contributed by atoms with Gasteiger partial charge in [-0.2, -0.15) is 0 Å². The molecular formula is C10H12BrNO3. The average Bonchev–Trinajstić information content (AvgIpc) is 2.26. The van der Waals surface area contributed by atoms with E-state index in [0.717, 1.165) is 4.47 Å². The monoisotopic (exact) mass is 273 g/mol. The SMILES string of the molecule is CNC(=O)COc1c(Br)cccc1CO. The highest BCUT2D eigenvalue weighted by molar-refractivity contribution is 9.10. The summed E-state index contributed by atoms with van der Waals surface area (Å²) < 4.78 is 6.01. The summed E-state index contributed by atoms with van der Waals surface area (Å²) in [6.07, 6.45) is 0. The molecule has 0 unspecified atom stereocenters. The van der Waals surface area contributed by atoms with E-state index in [4.69, 9.17) is 9.84 Å². The number of aliphatic hydroxyl groups is 1. The van der Waals surface area contributed by atoms with Gasteiger partial charge in [0.05, 0.1) is 11.1 Å². The van der Waals surface area contributed by atoms with E-state index >= 15 is 0 Å². The van der Waals surface area contributed by atoms with Crippen molar-refractivity contribution in [3.63, 3.8) is 0 Å². The smallest absolute Gasteiger partial charge is 0.257 e. The van der Waals surface area contributed by atoms with Crippen LogP contribution < -0.4 is 10.1 Å². The first-order valence-corrected chi connectivity index (χ1v) is 5.20. The van der Waals surface area contributed by atoms with Crippen LogP contribution in [-0.4, -0.2) is 24.7 Å². The Hall–Kier alpha value is -1.07. The van der Waals surface area contributed by atoms with Crippen LogP contribution in [0, 0.1) is 0 Å². The highest BCUT2D eigenvalue weighted by Crippen LogP contribution is 2.28. The van der Waals surface area contributed by atoms with Crippen molar-refractivity contribution in [3.8, 4) is 5.75 Å². The maximum Gasteiger partial charge on any atom is 0.257 e. The molecule has 15 heavy (non-hydrogen) atoms. The summed E-state index contributed by atoms with van der Waals surface area (Å²) in [7, 11) is 1.54. The maximum atomic E-state index is 11.0. The van der Waals surface area contributed by atoms with E-state index in [1.54, 1.807) is 25.2 Å². The van der Waals surface area contributed by atoms with Crippen LogP contribution in [0.25, 0.3) is 0 Å². The summed E-state index contributed by atoms with van der Waals surface area (Å²) in [5.74, 6) is 0.290. The van der Waals surface area contributed by atoms with Gasteiger partial charge in [-0.15, -0.1) is 0 Å². The van der Waals surface area contributed by atoms with Crippen LogP contribution in [0.3, 0.4) is 0 Å². The van der Waals surface area contributed by atoms with Crippen LogP contribution in [-0.2, 0) is 11.4 Å². The molecule has 0 radical (unpaired) electrons. The topological polar surface area (TPSA) is 58.6 Å². The lowest BCUT2D eigenvalue weighted by molar-refractivity contribution is -0.122. The van der Waals surface area contributed by atoms with Crippen molar-refractivity contribution in [1.29, 1.82) is 0 Å². The molecule has 1 rings (SSSR count). The molecule has 0 aliphatic carbocycles. The lowest BCUT2D eigenvalue weighted by Crippen LogP contribution is -2.25. The maximum absolute atomic E-state index is 11.0. The van der Waals surface area contributed by atoms with E-state index in [1.807, 2.05) is 0 Å². The number of rotatable bonds is 4. The predicted octanol–water partition coefficient (Wildman–Crippen LogP) is 1.07. The van der Waals surface area contributed by atoms with Crippen molar-refractivity contribution in [2.75, 3.05) is 13.7 Å². The quantitative estimate of drug-likeness (QED) is 0.863. The number of carbonyl (C=O) groups is 1. The van der Waals surface area contributed by atoms with Gasteiger partial charge in [-0.1, -0.05) is 12.1 Å². The van der Waals surface area contributed by atoms with Gasteiger partial charge in [-0.25, -0.2) is 0 Å².